The smallest absolute Gasteiger partial charge is 0.0917 e. The van der Waals surface area contributed by atoms with E-state index in [9.17, 15) is 5.11 Å². The Morgan fingerprint density at radius 1 is 1.06 bits per heavy atom. The van der Waals surface area contributed by atoms with Crippen molar-refractivity contribution in [2.75, 3.05) is 19.6 Å². The predicted molar refractivity (Wildman–Crippen MR) is 76.7 cm³/mol. The van der Waals surface area contributed by atoms with Crippen molar-refractivity contribution in [3.05, 3.63) is 32.8 Å². The highest BCUT2D eigenvalue weighted by molar-refractivity contribution is 6.48. The normalized spacial score (nSPS) is 18.9. The van der Waals surface area contributed by atoms with E-state index in [1.165, 1.54) is 19.3 Å². The molecule has 1 heterocycles. The van der Waals surface area contributed by atoms with E-state index in [-0.39, 0.29) is 0 Å². The van der Waals surface area contributed by atoms with E-state index >= 15 is 0 Å². The fourth-order valence-corrected chi connectivity index (χ4v) is 2.87. The minimum absolute atomic E-state index is 0.340. The molecule has 0 amide bonds. The molecule has 0 aromatic heterocycles. The summed E-state index contributed by atoms with van der Waals surface area (Å²) >= 11 is 17.8. The third-order valence-electron chi connectivity index (χ3n) is 3.27. The first-order chi connectivity index (χ1) is 8.58. The van der Waals surface area contributed by atoms with Crippen molar-refractivity contribution in [1.29, 1.82) is 0 Å². The second-order valence-corrected chi connectivity index (χ2v) is 5.87. The maximum atomic E-state index is 10.2. The minimum Gasteiger partial charge on any atom is -0.387 e. The van der Waals surface area contributed by atoms with E-state index in [1.807, 2.05) is 0 Å². The van der Waals surface area contributed by atoms with Gasteiger partial charge in [0, 0.05) is 6.54 Å². The van der Waals surface area contributed by atoms with Gasteiger partial charge in [0.2, 0.25) is 0 Å². The zero-order chi connectivity index (χ0) is 13.1. The number of halogens is 3. The number of benzene rings is 1. The molecule has 0 spiro atoms. The zero-order valence-electron chi connectivity index (χ0n) is 10.0. The molecule has 1 aromatic carbocycles. The first-order valence-electron chi connectivity index (χ1n) is 6.13. The number of likely N-dealkylation sites (tertiary alicyclic amines) is 1. The highest BCUT2D eigenvalue weighted by atomic mass is 35.5. The Labute approximate surface area is 122 Å². The van der Waals surface area contributed by atoms with Crippen LogP contribution in [-0.2, 0) is 0 Å². The first kappa shape index (κ1) is 14.4. The summed E-state index contributed by atoms with van der Waals surface area (Å²) in [7, 11) is 0. The molecule has 1 aliphatic rings. The van der Waals surface area contributed by atoms with Crippen molar-refractivity contribution in [1.82, 2.24) is 4.90 Å². The molecule has 1 fully saturated rings. The van der Waals surface area contributed by atoms with Gasteiger partial charge in [-0.15, -0.1) is 0 Å². The molecule has 1 saturated heterocycles. The Hall–Kier alpha value is 0.01000. The summed E-state index contributed by atoms with van der Waals surface area (Å²) in [5.41, 5.74) is 0.722. The standard InChI is InChI=1S/C13H16Cl3NO/c14-10-6-9(7-11(15)13(10)16)12(18)8-17-4-2-1-3-5-17/h6-7,12,18H,1-5,8H2/t12-/m0/s1. The van der Waals surface area contributed by atoms with Crippen molar-refractivity contribution in [2.24, 2.45) is 0 Å². The lowest BCUT2D eigenvalue weighted by molar-refractivity contribution is 0.101. The zero-order valence-corrected chi connectivity index (χ0v) is 12.3. The van der Waals surface area contributed by atoms with Gasteiger partial charge in [-0.1, -0.05) is 41.2 Å². The molecule has 1 N–H and O–H groups in total. The lowest BCUT2D eigenvalue weighted by Crippen LogP contribution is -2.33. The quantitative estimate of drug-likeness (QED) is 0.847. The monoisotopic (exact) mass is 307 g/mol. The molecular weight excluding hydrogens is 293 g/mol. The Kier molecular flexibility index (Phi) is 5.16. The summed E-state index contributed by atoms with van der Waals surface area (Å²) < 4.78 is 0. The van der Waals surface area contributed by atoms with E-state index in [4.69, 9.17) is 34.8 Å². The van der Waals surface area contributed by atoms with Crippen LogP contribution in [0.2, 0.25) is 15.1 Å². The Morgan fingerprint density at radius 3 is 2.17 bits per heavy atom. The van der Waals surface area contributed by atoms with E-state index < -0.39 is 6.10 Å². The summed E-state index contributed by atoms with van der Waals surface area (Å²) in [4.78, 5) is 2.27. The number of piperidine rings is 1. The molecule has 2 nitrogen and oxygen atoms in total. The van der Waals surface area contributed by atoms with E-state index in [2.05, 4.69) is 4.90 Å². The van der Waals surface area contributed by atoms with Crippen LogP contribution in [0.1, 0.15) is 30.9 Å². The number of β-amino-alcohol motifs (C(OH)–C–C–N with tert-alkyl or cyclic N) is 1. The SMILES string of the molecule is O[C@@H](CN1CCCCC1)c1cc(Cl)c(Cl)c(Cl)c1. The molecule has 2 rings (SSSR count). The molecule has 0 bridgehead atoms. The van der Waals surface area contributed by atoms with Crippen molar-refractivity contribution in [3.8, 4) is 0 Å². The van der Waals surface area contributed by atoms with Crippen molar-refractivity contribution in [3.63, 3.8) is 0 Å². The maximum Gasteiger partial charge on any atom is 0.0917 e. The number of aliphatic hydroxyl groups is 1. The van der Waals surface area contributed by atoms with Gasteiger partial charge in [0.25, 0.3) is 0 Å². The molecule has 1 atom stereocenters. The van der Waals surface area contributed by atoms with Crippen LogP contribution in [0.25, 0.3) is 0 Å². The molecule has 5 heteroatoms. The topological polar surface area (TPSA) is 23.5 Å². The lowest BCUT2D eigenvalue weighted by atomic mass is 10.1. The van der Waals surface area contributed by atoms with E-state index in [0.29, 0.717) is 21.6 Å². The van der Waals surface area contributed by atoms with Crippen molar-refractivity contribution < 1.29 is 5.11 Å². The van der Waals surface area contributed by atoms with E-state index in [1.54, 1.807) is 12.1 Å². The van der Waals surface area contributed by atoms with Crippen LogP contribution in [0.15, 0.2) is 12.1 Å². The second-order valence-electron chi connectivity index (χ2n) is 4.68. The molecule has 0 unspecified atom stereocenters. The molecule has 1 aromatic rings. The lowest BCUT2D eigenvalue weighted by Gasteiger charge is -2.28. The van der Waals surface area contributed by atoms with Gasteiger partial charge in [0.05, 0.1) is 21.2 Å². The van der Waals surface area contributed by atoms with Gasteiger partial charge in [-0.25, -0.2) is 0 Å². The Morgan fingerprint density at radius 2 is 1.61 bits per heavy atom. The van der Waals surface area contributed by atoms with Gasteiger partial charge in [-0.05, 0) is 43.6 Å². The van der Waals surface area contributed by atoms with Crippen LogP contribution in [0.3, 0.4) is 0 Å². The molecular formula is C13H16Cl3NO. The van der Waals surface area contributed by atoms with Gasteiger partial charge >= 0.3 is 0 Å². The van der Waals surface area contributed by atoms with Gasteiger partial charge in [-0.3, -0.25) is 0 Å². The highest BCUT2D eigenvalue weighted by Gasteiger charge is 2.17. The van der Waals surface area contributed by atoms with Gasteiger partial charge in [0.15, 0.2) is 0 Å². The highest BCUT2D eigenvalue weighted by Crippen LogP contribution is 2.33. The fourth-order valence-electron chi connectivity index (χ4n) is 2.26. The molecule has 100 valence electrons. The number of hydrogen-bond acceptors (Lipinski definition) is 2. The molecule has 0 saturated carbocycles. The average Bonchev–Trinajstić information content (AvgIpc) is 2.36. The fraction of sp³-hybridized carbons (Fsp3) is 0.538. The van der Waals surface area contributed by atoms with Crippen molar-refractivity contribution in [2.45, 2.75) is 25.4 Å². The molecule has 0 radical (unpaired) electrons. The van der Waals surface area contributed by atoms with Crippen LogP contribution in [0, 0.1) is 0 Å². The first-order valence-corrected chi connectivity index (χ1v) is 7.26. The Balaban J connectivity index is 2.06. The van der Waals surface area contributed by atoms with E-state index in [0.717, 1.165) is 18.7 Å². The van der Waals surface area contributed by atoms with Crippen LogP contribution in [-0.4, -0.2) is 29.6 Å². The molecule has 1 aliphatic heterocycles. The number of rotatable bonds is 3. The third kappa shape index (κ3) is 3.52. The average molecular weight is 309 g/mol. The summed E-state index contributed by atoms with van der Waals surface area (Å²) in [6.45, 7) is 2.71. The second kappa shape index (κ2) is 6.44. The van der Waals surface area contributed by atoms with Crippen LogP contribution in [0.5, 0.6) is 0 Å². The summed E-state index contributed by atoms with van der Waals surface area (Å²) in [5.74, 6) is 0. The molecule has 18 heavy (non-hydrogen) atoms. The summed E-state index contributed by atoms with van der Waals surface area (Å²) in [6.07, 6.45) is 3.12. The maximum absolute atomic E-state index is 10.2. The number of aliphatic hydroxyl groups excluding tert-OH is 1. The van der Waals surface area contributed by atoms with Gasteiger partial charge < -0.3 is 10.0 Å². The Bertz CT molecular complexity index is 396. The number of hydrogen-bond donors (Lipinski definition) is 1. The molecule has 0 aliphatic carbocycles. The van der Waals surface area contributed by atoms with Crippen LogP contribution >= 0.6 is 34.8 Å². The minimum atomic E-state index is -0.574. The van der Waals surface area contributed by atoms with Gasteiger partial charge in [-0.2, -0.15) is 0 Å². The van der Waals surface area contributed by atoms with Gasteiger partial charge in [0.1, 0.15) is 0 Å². The van der Waals surface area contributed by atoms with Crippen LogP contribution < -0.4 is 0 Å². The predicted octanol–water partition coefficient (Wildman–Crippen LogP) is 4.17. The summed E-state index contributed by atoms with van der Waals surface area (Å²) in [6, 6.07) is 3.37. The third-order valence-corrected chi connectivity index (χ3v) is 4.47. The largest absolute Gasteiger partial charge is 0.387 e. The number of nitrogens with zero attached hydrogens (tertiary/aromatic N) is 1. The van der Waals surface area contributed by atoms with Crippen molar-refractivity contribution >= 4 is 34.8 Å². The summed E-state index contributed by atoms with van der Waals surface area (Å²) in [5, 5.41) is 11.3. The van der Waals surface area contributed by atoms with Crippen LogP contribution in [0.4, 0.5) is 0 Å².